The number of carbonyl (C=O) groups excluding carboxylic acids is 2. The second-order valence-electron chi connectivity index (χ2n) is 7.68. The second-order valence-corrected chi connectivity index (χ2v) is 7.68. The summed E-state index contributed by atoms with van der Waals surface area (Å²) in [4.78, 5) is 28.7. The maximum Gasteiger partial charge on any atom is 0.227 e. The molecule has 0 bridgehead atoms. The lowest BCUT2D eigenvalue weighted by atomic mass is 10.0. The average Bonchev–Trinajstić information content (AvgIpc) is 3.24. The fraction of sp³-hybridized carbons (Fsp3) is 0.476. The third-order valence-electron chi connectivity index (χ3n) is 5.22. The number of benzene rings is 1. The van der Waals surface area contributed by atoms with Gasteiger partial charge < -0.3 is 9.80 Å². The van der Waals surface area contributed by atoms with Gasteiger partial charge in [0.1, 0.15) is 0 Å². The zero-order valence-electron chi connectivity index (χ0n) is 16.6. The van der Waals surface area contributed by atoms with E-state index in [0.29, 0.717) is 19.0 Å². The Bertz CT molecular complexity index is 810. The number of amides is 2. The monoisotopic (exact) mass is 368 g/mol. The fourth-order valence-corrected chi connectivity index (χ4v) is 3.48. The average molecular weight is 368 g/mol. The normalized spacial score (nSPS) is 17.0. The van der Waals surface area contributed by atoms with Crippen LogP contribution < -0.4 is 4.90 Å². The minimum Gasteiger partial charge on any atom is -0.345 e. The SMILES string of the molecule is CC(C)c1ccc(N2CC(C(=O)N(C)CCc3cnn(C)c3)CC2=O)cc1. The number of anilines is 1. The Balaban J connectivity index is 1.59. The summed E-state index contributed by atoms with van der Waals surface area (Å²) in [6, 6.07) is 8.07. The van der Waals surface area contributed by atoms with E-state index < -0.39 is 0 Å². The van der Waals surface area contributed by atoms with Crippen molar-refractivity contribution in [3.63, 3.8) is 0 Å². The van der Waals surface area contributed by atoms with Gasteiger partial charge in [-0.3, -0.25) is 14.3 Å². The molecule has 1 aromatic heterocycles. The molecule has 1 atom stereocenters. The molecule has 1 aromatic carbocycles. The van der Waals surface area contributed by atoms with Gasteiger partial charge in [0.25, 0.3) is 0 Å². The van der Waals surface area contributed by atoms with Gasteiger partial charge in [-0.25, -0.2) is 0 Å². The van der Waals surface area contributed by atoms with Crippen LogP contribution >= 0.6 is 0 Å². The fourth-order valence-electron chi connectivity index (χ4n) is 3.48. The van der Waals surface area contributed by atoms with Gasteiger partial charge in [0.2, 0.25) is 11.8 Å². The molecule has 0 N–H and O–H groups in total. The van der Waals surface area contributed by atoms with Crippen LogP contribution in [0.5, 0.6) is 0 Å². The Morgan fingerprint density at radius 3 is 2.59 bits per heavy atom. The molecule has 1 saturated heterocycles. The lowest BCUT2D eigenvalue weighted by Crippen LogP contribution is -2.35. The quantitative estimate of drug-likeness (QED) is 0.787. The minimum absolute atomic E-state index is 0.0197. The van der Waals surface area contributed by atoms with E-state index in [9.17, 15) is 9.59 Å². The van der Waals surface area contributed by atoms with E-state index in [2.05, 4.69) is 31.1 Å². The highest BCUT2D eigenvalue weighted by Gasteiger charge is 2.36. The Morgan fingerprint density at radius 2 is 2.00 bits per heavy atom. The van der Waals surface area contributed by atoms with E-state index >= 15 is 0 Å². The first-order valence-electron chi connectivity index (χ1n) is 9.48. The molecule has 2 amide bonds. The van der Waals surface area contributed by atoms with Crippen molar-refractivity contribution in [2.24, 2.45) is 13.0 Å². The highest BCUT2D eigenvalue weighted by atomic mass is 16.2. The molecular weight excluding hydrogens is 340 g/mol. The predicted octanol–water partition coefficient (Wildman–Crippen LogP) is 2.60. The van der Waals surface area contributed by atoms with Crippen molar-refractivity contribution in [2.45, 2.75) is 32.6 Å². The van der Waals surface area contributed by atoms with Gasteiger partial charge in [-0.15, -0.1) is 0 Å². The molecule has 0 radical (unpaired) electrons. The van der Waals surface area contributed by atoms with Gasteiger partial charge in [0.15, 0.2) is 0 Å². The molecule has 1 aliphatic rings. The molecule has 6 heteroatoms. The summed E-state index contributed by atoms with van der Waals surface area (Å²) in [5.74, 6) is 0.233. The lowest BCUT2D eigenvalue weighted by Gasteiger charge is -2.21. The van der Waals surface area contributed by atoms with E-state index in [1.807, 2.05) is 38.6 Å². The van der Waals surface area contributed by atoms with E-state index in [-0.39, 0.29) is 24.2 Å². The maximum absolute atomic E-state index is 12.8. The molecule has 0 aliphatic carbocycles. The van der Waals surface area contributed by atoms with Crippen molar-refractivity contribution < 1.29 is 9.59 Å². The van der Waals surface area contributed by atoms with Crippen LogP contribution in [0.1, 0.15) is 37.3 Å². The van der Waals surface area contributed by atoms with Crippen molar-refractivity contribution in [3.05, 3.63) is 47.8 Å². The number of hydrogen-bond donors (Lipinski definition) is 0. The number of aryl methyl sites for hydroxylation is 1. The zero-order chi connectivity index (χ0) is 19.6. The van der Waals surface area contributed by atoms with Gasteiger partial charge in [-0.2, -0.15) is 5.10 Å². The summed E-state index contributed by atoms with van der Waals surface area (Å²) < 4.78 is 1.76. The van der Waals surface area contributed by atoms with Crippen LogP contribution in [0.2, 0.25) is 0 Å². The maximum atomic E-state index is 12.8. The smallest absolute Gasteiger partial charge is 0.227 e. The third-order valence-corrected chi connectivity index (χ3v) is 5.22. The molecule has 0 spiro atoms. The van der Waals surface area contributed by atoms with Gasteiger partial charge in [0.05, 0.1) is 12.1 Å². The molecule has 144 valence electrons. The molecule has 2 aromatic rings. The molecular formula is C21H28N4O2. The van der Waals surface area contributed by atoms with E-state index in [1.165, 1.54) is 5.56 Å². The largest absolute Gasteiger partial charge is 0.345 e. The van der Waals surface area contributed by atoms with E-state index in [0.717, 1.165) is 17.7 Å². The Labute approximate surface area is 160 Å². The van der Waals surface area contributed by atoms with Crippen LogP contribution in [0.15, 0.2) is 36.7 Å². The minimum atomic E-state index is -0.277. The molecule has 2 heterocycles. The topological polar surface area (TPSA) is 58.4 Å². The lowest BCUT2D eigenvalue weighted by molar-refractivity contribution is -0.134. The van der Waals surface area contributed by atoms with Crippen LogP contribution in [0, 0.1) is 5.92 Å². The second kappa shape index (κ2) is 7.94. The zero-order valence-corrected chi connectivity index (χ0v) is 16.6. The number of rotatable bonds is 6. The van der Waals surface area contributed by atoms with Crippen LogP contribution in [0.25, 0.3) is 0 Å². The summed E-state index contributed by atoms with van der Waals surface area (Å²) >= 11 is 0. The summed E-state index contributed by atoms with van der Waals surface area (Å²) in [7, 11) is 3.69. The summed E-state index contributed by atoms with van der Waals surface area (Å²) in [5.41, 5.74) is 3.22. The molecule has 1 unspecified atom stereocenters. The Kier molecular flexibility index (Phi) is 5.63. The number of carbonyl (C=O) groups is 2. The standard InChI is InChI=1S/C21H28N4O2/c1-15(2)17-5-7-19(8-6-17)25-14-18(11-20(25)26)21(27)23(3)10-9-16-12-22-24(4)13-16/h5-8,12-13,15,18H,9-11,14H2,1-4H3. The highest BCUT2D eigenvalue weighted by molar-refractivity contribution is 6.00. The van der Waals surface area contributed by atoms with Crippen molar-refractivity contribution in [2.75, 3.05) is 25.0 Å². The number of hydrogen-bond acceptors (Lipinski definition) is 3. The van der Waals surface area contributed by atoms with Crippen molar-refractivity contribution in [3.8, 4) is 0 Å². The van der Waals surface area contributed by atoms with Gasteiger partial charge in [-0.1, -0.05) is 26.0 Å². The Hall–Kier alpha value is -2.63. The predicted molar refractivity (Wildman–Crippen MR) is 106 cm³/mol. The molecule has 1 fully saturated rings. The number of aromatic nitrogens is 2. The number of likely N-dealkylation sites (N-methyl/N-ethyl adjacent to an activating group) is 1. The Morgan fingerprint density at radius 1 is 1.30 bits per heavy atom. The molecule has 0 saturated carbocycles. The first-order chi connectivity index (χ1) is 12.8. The number of nitrogens with zero attached hydrogens (tertiary/aromatic N) is 4. The van der Waals surface area contributed by atoms with E-state index in [4.69, 9.17) is 0 Å². The van der Waals surface area contributed by atoms with Crippen LogP contribution in [-0.4, -0.2) is 46.6 Å². The van der Waals surface area contributed by atoms with Crippen LogP contribution in [0.4, 0.5) is 5.69 Å². The van der Waals surface area contributed by atoms with Crippen LogP contribution in [-0.2, 0) is 23.1 Å². The van der Waals surface area contributed by atoms with E-state index in [1.54, 1.807) is 14.5 Å². The summed E-state index contributed by atoms with van der Waals surface area (Å²) in [6.45, 7) is 5.37. The summed E-state index contributed by atoms with van der Waals surface area (Å²) in [5, 5.41) is 4.15. The van der Waals surface area contributed by atoms with Gasteiger partial charge in [-0.05, 0) is 35.6 Å². The molecule has 3 rings (SSSR count). The first-order valence-corrected chi connectivity index (χ1v) is 9.48. The highest BCUT2D eigenvalue weighted by Crippen LogP contribution is 2.27. The molecule has 6 nitrogen and oxygen atoms in total. The molecule has 27 heavy (non-hydrogen) atoms. The van der Waals surface area contributed by atoms with Gasteiger partial charge >= 0.3 is 0 Å². The van der Waals surface area contributed by atoms with Crippen LogP contribution in [0.3, 0.4) is 0 Å². The third kappa shape index (κ3) is 4.38. The first kappa shape index (κ1) is 19.1. The van der Waals surface area contributed by atoms with Crippen molar-refractivity contribution >= 4 is 17.5 Å². The van der Waals surface area contributed by atoms with Gasteiger partial charge in [0, 0.05) is 45.5 Å². The van der Waals surface area contributed by atoms with Crippen molar-refractivity contribution in [1.82, 2.24) is 14.7 Å². The van der Waals surface area contributed by atoms with Crippen molar-refractivity contribution in [1.29, 1.82) is 0 Å². The summed E-state index contributed by atoms with van der Waals surface area (Å²) in [6.07, 6.45) is 4.82. The molecule has 1 aliphatic heterocycles.